The molecule has 0 atom stereocenters. The lowest BCUT2D eigenvalue weighted by molar-refractivity contribution is 0.790. The van der Waals surface area contributed by atoms with Gasteiger partial charge in [0.25, 0.3) is 0 Å². The minimum atomic E-state index is 0.923. The monoisotopic (exact) mass is 185 g/mol. The van der Waals surface area contributed by atoms with Crippen LogP contribution in [-0.4, -0.2) is 9.97 Å². The summed E-state index contributed by atoms with van der Waals surface area (Å²) in [5, 5.41) is 1.10. The number of rotatable bonds is 3. The molecule has 0 aliphatic heterocycles. The van der Waals surface area contributed by atoms with Crippen LogP contribution < -0.4 is 0 Å². The fraction of sp³-hybridized carbons (Fsp3) is 0.250. The van der Waals surface area contributed by atoms with E-state index in [2.05, 4.69) is 16.9 Å². The standard InChI is InChI=1S/C12H13N2/c1-2-3-8-12-13-9-10-6-4-5-7-11(10)14-12/h4-7,9H,1-3,8H2. The van der Waals surface area contributed by atoms with E-state index in [0.717, 1.165) is 36.0 Å². The van der Waals surface area contributed by atoms with Gasteiger partial charge in [-0.05, 0) is 12.5 Å². The Balaban J connectivity index is 2.32. The molecule has 71 valence electrons. The number of aryl methyl sites for hydroxylation is 1. The highest BCUT2D eigenvalue weighted by Crippen LogP contribution is 2.10. The maximum absolute atomic E-state index is 4.47. The third kappa shape index (κ3) is 1.90. The summed E-state index contributed by atoms with van der Waals surface area (Å²) < 4.78 is 0. The average molecular weight is 185 g/mol. The molecule has 1 heterocycles. The van der Waals surface area contributed by atoms with Crippen LogP contribution in [0.3, 0.4) is 0 Å². The van der Waals surface area contributed by atoms with Crippen LogP contribution in [0.4, 0.5) is 0 Å². The Morgan fingerprint density at radius 3 is 2.93 bits per heavy atom. The molecule has 0 fully saturated rings. The van der Waals surface area contributed by atoms with E-state index in [-0.39, 0.29) is 0 Å². The molecule has 0 N–H and O–H groups in total. The quantitative estimate of drug-likeness (QED) is 0.734. The highest BCUT2D eigenvalue weighted by atomic mass is 14.9. The van der Waals surface area contributed by atoms with Crippen LogP contribution in [0.25, 0.3) is 10.9 Å². The molecule has 0 saturated heterocycles. The van der Waals surface area contributed by atoms with Crippen LogP contribution in [0, 0.1) is 6.92 Å². The van der Waals surface area contributed by atoms with E-state index < -0.39 is 0 Å². The van der Waals surface area contributed by atoms with Crippen LogP contribution in [0.5, 0.6) is 0 Å². The molecule has 0 saturated carbocycles. The van der Waals surface area contributed by atoms with Gasteiger partial charge in [-0.2, -0.15) is 0 Å². The summed E-state index contributed by atoms with van der Waals surface area (Å²) in [5.41, 5.74) is 1.03. The van der Waals surface area contributed by atoms with Crippen molar-refractivity contribution in [1.82, 2.24) is 9.97 Å². The summed E-state index contributed by atoms with van der Waals surface area (Å²) in [4.78, 5) is 8.78. The summed E-state index contributed by atoms with van der Waals surface area (Å²) in [7, 11) is 0. The second-order valence-corrected chi connectivity index (χ2v) is 3.30. The summed E-state index contributed by atoms with van der Waals surface area (Å²) in [6.07, 6.45) is 4.81. The van der Waals surface area contributed by atoms with Crippen molar-refractivity contribution in [2.75, 3.05) is 0 Å². The molecular weight excluding hydrogens is 172 g/mol. The predicted octanol–water partition coefficient (Wildman–Crippen LogP) is 2.79. The zero-order valence-electron chi connectivity index (χ0n) is 8.11. The smallest absolute Gasteiger partial charge is 0.128 e. The molecule has 1 aromatic carbocycles. The van der Waals surface area contributed by atoms with Gasteiger partial charge in [0, 0.05) is 18.0 Å². The predicted molar refractivity (Wildman–Crippen MR) is 57.8 cm³/mol. The first kappa shape index (κ1) is 9.13. The van der Waals surface area contributed by atoms with Crippen molar-refractivity contribution in [3.05, 3.63) is 43.2 Å². The van der Waals surface area contributed by atoms with E-state index in [1.165, 1.54) is 0 Å². The van der Waals surface area contributed by atoms with Crippen LogP contribution in [-0.2, 0) is 6.42 Å². The van der Waals surface area contributed by atoms with Crippen LogP contribution >= 0.6 is 0 Å². The minimum absolute atomic E-state index is 0.923. The molecule has 0 aliphatic rings. The van der Waals surface area contributed by atoms with E-state index in [0.29, 0.717) is 0 Å². The number of benzene rings is 1. The third-order valence-electron chi connectivity index (χ3n) is 2.19. The summed E-state index contributed by atoms with van der Waals surface area (Å²) >= 11 is 0. The van der Waals surface area contributed by atoms with Gasteiger partial charge in [-0.1, -0.05) is 31.5 Å². The molecule has 1 aromatic heterocycles. The molecule has 2 heteroatoms. The Hall–Kier alpha value is -1.44. The Kier molecular flexibility index (Phi) is 2.73. The number of hydrogen-bond acceptors (Lipinski definition) is 2. The zero-order valence-corrected chi connectivity index (χ0v) is 8.11. The molecular formula is C12H13N2. The highest BCUT2D eigenvalue weighted by molar-refractivity contribution is 5.77. The number of aromatic nitrogens is 2. The highest BCUT2D eigenvalue weighted by Gasteiger charge is 1.98. The van der Waals surface area contributed by atoms with Gasteiger partial charge in [0.05, 0.1) is 5.52 Å². The second-order valence-electron chi connectivity index (χ2n) is 3.30. The van der Waals surface area contributed by atoms with E-state index >= 15 is 0 Å². The Morgan fingerprint density at radius 1 is 1.21 bits per heavy atom. The first-order valence-electron chi connectivity index (χ1n) is 4.90. The number of hydrogen-bond donors (Lipinski definition) is 0. The first-order chi connectivity index (χ1) is 6.90. The van der Waals surface area contributed by atoms with Crippen LogP contribution in [0.1, 0.15) is 18.7 Å². The molecule has 1 radical (unpaired) electrons. The Bertz CT molecular complexity index is 423. The first-order valence-corrected chi connectivity index (χ1v) is 4.90. The molecule has 0 amide bonds. The molecule has 2 nitrogen and oxygen atoms in total. The van der Waals surface area contributed by atoms with Gasteiger partial charge < -0.3 is 0 Å². The molecule has 0 aliphatic carbocycles. The Morgan fingerprint density at radius 2 is 2.07 bits per heavy atom. The number of unbranched alkanes of at least 4 members (excludes halogenated alkanes) is 1. The van der Waals surface area contributed by atoms with Gasteiger partial charge in [-0.3, -0.25) is 0 Å². The second kappa shape index (κ2) is 4.18. The summed E-state index contributed by atoms with van der Waals surface area (Å²) in [5.74, 6) is 0.923. The van der Waals surface area contributed by atoms with Crippen molar-refractivity contribution in [1.29, 1.82) is 0 Å². The Labute approximate surface area is 84.0 Å². The molecule has 0 bridgehead atoms. The van der Waals surface area contributed by atoms with E-state index in [9.17, 15) is 0 Å². The van der Waals surface area contributed by atoms with Crippen molar-refractivity contribution in [3.8, 4) is 0 Å². The summed E-state index contributed by atoms with van der Waals surface area (Å²) in [6, 6.07) is 8.05. The lowest BCUT2D eigenvalue weighted by Crippen LogP contribution is -1.94. The number of fused-ring (bicyclic) bond motifs is 1. The topological polar surface area (TPSA) is 25.8 Å². The lowest BCUT2D eigenvalue weighted by atomic mass is 10.2. The van der Waals surface area contributed by atoms with Crippen molar-refractivity contribution < 1.29 is 0 Å². The molecule has 14 heavy (non-hydrogen) atoms. The van der Waals surface area contributed by atoms with Crippen molar-refractivity contribution >= 4 is 10.9 Å². The van der Waals surface area contributed by atoms with E-state index in [4.69, 9.17) is 0 Å². The SMILES string of the molecule is [CH2]CCCc1ncc2ccccc2n1. The van der Waals surface area contributed by atoms with Gasteiger partial charge in [0.1, 0.15) is 5.82 Å². The number of nitrogens with zero attached hydrogens (tertiary/aromatic N) is 2. The van der Waals surface area contributed by atoms with Crippen molar-refractivity contribution in [2.45, 2.75) is 19.3 Å². The minimum Gasteiger partial charge on any atom is -0.241 e. The van der Waals surface area contributed by atoms with Gasteiger partial charge in [0.15, 0.2) is 0 Å². The maximum atomic E-state index is 4.47. The van der Waals surface area contributed by atoms with Crippen molar-refractivity contribution in [3.63, 3.8) is 0 Å². The van der Waals surface area contributed by atoms with Gasteiger partial charge >= 0.3 is 0 Å². The maximum Gasteiger partial charge on any atom is 0.128 e. The molecule has 2 aromatic rings. The van der Waals surface area contributed by atoms with Gasteiger partial charge in [0.2, 0.25) is 0 Å². The fourth-order valence-corrected chi connectivity index (χ4v) is 1.41. The van der Waals surface area contributed by atoms with Gasteiger partial charge in [-0.25, -0.2) is 9.97 Å². The lowest BCUT2D eigenvalue weighted by Gasteiger charge is -2.00. The third-order valence-corrected chi connectivity index (χ3v) is 2.19. The average Bonchev–Trinajstić information content (AvgIpc) is 2.26. The summed E-state index contributed by atoms with van der Waals surface area (Å²) in [6.45, 7) is 3.81. The zero-order chi connectivity index (χ0) is 9.80. The van der Waals surface area contributed by atoms with Crippen LogP contribution in [0.15, 0.2) is 30.5 Å². The largest absolute Gasteiger partial charge is 0.241 e. The molecule has 0 spiro atoms. The van der Waals surface area contributed by atoms with Crippen LogP contribution in [0.2, 0.25) is 0 Å². The fourth-order valence-electron chi connectivity index (χ4n) is 1.41. The number of para-hydroxylation sites is 1. The normalized spacial score (nSPS) is 10.6. The van der Waals surface area contributed by atoms with Gasteiger partial charge in [-0.15, -0.1) is 0 Å². The van der Waals surface area contributed by atoms with E-state index in [1.807, 2.05) is 30.5 Å². The molecule has 0 unspecified atom stereocenters. The molecule has 2 rings (SSSR count). The van der Waals surface area contributed by atoms with Crippen molar-refractivity contribution in [2.24, 2.45) is 0 Å². The van der Waals surface area contributed by atoms with E-state index in [1.54, 1.807) is 0 Å².